The Balaban J connectivity index is 1.58. The van der Waals surface area contributed by atoms with Gasteiger partial charge in [0.2, 0.25) is 5.91 Å². The van der Waals surface area contributed by atoms with Crippen LogP contribution in [-0.2, 0) is 11.3 Å². The number of methoxy groups -OCH3 is 1. The molecule has 6 nitrogen and oxygen atoms in total. The van der Waals surface area contributed by atoms with Crippen LogP contribution in [0.5, 0.6) is 5.75 Å². The highest BCUT2D eigenvalue weighted by molar-refractivity contribution is 6.32. The molecule has 0 bridgehead atoms. The first-order chi connectivity index (χ1) is 16.9. The van der Waals surface area contributed by atoms with Crippen LogP contribution in [0.2, 0.25) is 5.02 Å². The molecule has 35 heavy (non-hydrogen) atoms. The number of aromatic nitrogens is 1. The Morgan fingerprint density at radius 1 is 1.06 bits per heavy atom. The summed E-state index contributed by atoms with van der Waals surface area (Å²) in [7, 11) is 1.55. The van der Waals surface area contributed by atoms with Crippen LogP contribution in [0.4, 0.5) is 5.69 Å². The SMILES string of the molecule is COc1ccc(N2C(=O)c3cc4ccccc4n3C[C@]2(C)C(=O)NC2CCCCCCC2)cc1Cl. The topological polar surface area (TPSA) is 63.6 Å². The predicted molar refractivity (Wildman–Crippen MR) is 139 cm³/mol. The molecular formula is C28H32ClN3O3. The van der Waals surface area contributed by atoms with Crippen molar-refractivity contribution < 1.29 is 14.3 Å². The smallest absolute Gasteiger partial charge is 0.275 e. The van der Waals surface area contributed by atoms with Gasteiger partial charge in [0.05, 0.1) is 18.7 Å². The van der Waals surface area contributed by atoms with Crippen LogP contribution >= 0.6 is 11.6 Å². The van der Waals surface area contributed by atoms with Crippen molar-refractivity contribution >= 4 is 40.0 Å². The van der Waals surface area contributed by atoms with Gasteiger partial charge in [-0.25, -0.2) is 0 Å². The minimum atomic E-state index is -1.13. The van der Waals surface area contributed by atoms with Gasteiger partial charge in [0.15, 0.2) is 0 Å². The first-order valence-electron chi connectivity index (χ1n) is 12.5. The second kappa shape index (κ2) is 9.57. The van der Waals surface area contributed by atoms with Crippen molar-refractivity contribution in [3.05, 3.63) is 59.2 Å². The van der Waals surface area contributed by atoms with Crippen LogP contribution in [0.25, 0.3) is 10.9 Å². The molecule has 1 N–H and O–H groups in total. The highest BCUT2D eigenvalue weighted by atomic mass is 35.5. The number of fused-ring (bicyclic) bond motifs is 3. The monoisotopic (exact) mass is 493 g/mol. The third-order valence-corrected chi connectivity index (χ3v) is 7.81. The molecule has 3 aromatic rings. The molecule has 1 fully saturated rings. The van der Waals surface area contributed by atoms with Crippen molar-refractivity contribution in [3.63, 3.8) is 0 Å². The van der Waals surface area contributed by atoms with Crippen molar-refractivity contribution in [1.82, 2.24) is 9.88 Å². The fourth-order valence-corrected chi connectivity index (χ4v) is 5.84. The number of ether oxygens (including phenoxy) is 1. The number of benzene rings is 2. The molecule has 2 aliphatic rings. The number of hydrogen-bond acceptors (Lipinski definition) is 3. The van der Waals surface area contributed by atoms with Gasteiger partial charge in [0.1, 0.15) is 17.0 Å². The Bertz CT molecular complexity index is 1260. The number of carbonyl (C=O) groups is 2. The molecule has 1 aliphatic carbocycles. The Kier molecular flexibility index (Phi) is 6.49. The van der Waals surface area contributed by atoms with Gasteiger partial charge in [-0.3, -0.25) is 14.5 Å². The quantitative estimate of drug-likeness (QED) is 0.488. The zero-order chi connectivity index (χ0) is 24.6. The summed E-state index contributed by atoms with van der Waals surface area (Å²) in [5.74, 6) is 0.172. The Hall–Kier alpha value is -2.99. The summed E-state index contributed by atoms with van der Waals surface area (Å²) in [5.41, 5.74) is 0.960. The van der Waals surface area contributed by atoms with E-state index in [4.69, 9.17) is 16.3 Å². The van der Waals surface area contributed by atoms with Gasteiger partial charge in [-0.1, -0.05) is 61.9 Å². The van der Waals surface area contributed by atoms with Gasteiger partial charge in [-0.15, -0.1) is 0 Å². The molecule has 0 spiro atoms. The molecule has 2 aromatic carbocycles. The van der Waals surface area contributed by atoms with Crippen molar-refractivity contribution in [1.29, 1.82) is 0 Å². The fourth-order valence-electron chi connectivity index (χ4n) is 5.59. The Labute approximate surface area is 211 Å². The van der Waals surface area contributed by atoms with E-state index in [0.29, 0.717) is 28.7 Å². The summed E-state index contributed by atoms with van der Waals surface area (Å²) >= 11 is 6.45. The lowest BCUT2D eigenvalue weighted by Crippen LogP contribution is -2.65. The molecule has 2 amide bonds. The second-order valence-electron chi connectivity index (χ2n) is 9.92. The lowest BCUT2D eigenvalue weighted by molar-refractivity contribution is -0.127. The van der Waals surface area contributed by atoms with E-state index in [-0.39, 0.29) is 17.9 Å². The summed E-state index contributed by atoms with van der Waals surface area (Å²) < 4.78 is 7.30. The molecular weight excluding hydrogens is 462 g/mol. The molecule has 1 aromatic heterocycles. The van der Waals surface area contributed by atoms with Crippen LogP contribution in [0.15, 0.2) is 48.5 Å². The highest BCUT2D eigenvalue weighted by Crippen LogP contribution is 2.38. The maximum absolute atomic E-state index is 14.0. The van der Waals surface area contributed by atoms with E-state index in [2.05, 4.69) is 5.32 Å². The van der Waals surface area contributed by atoms with E-state index >= 15 is 0 Å². The molecule has 0 saturated heterocycles. The largest absolute Gasteiger partial charge is 0.495 e. The van der Waals surface area contributed by atoms with Crippen molar-refractivity contribution in [3.8, 4) is 5.75 Å². The summed E-state index contributed by atoms with van der Waals surface area (Å²) in [4.78, 5) is 29.6. The van der Waals surface area contributed by atoms with Crippen molar-refractivity contribution in [2.24, 2.45) is 0 Å². The second-order valence-corrected chi connectivity index (χ2v) is 10.3. The van der Waals surface area contributed by atoms with Crippen molar-refractivity contribution in [2.45, 2.75) is 70.0 Å². The van der Waals surface area contributed by atoms with Crippen LogP contribution in [-0.4, -0.2) is 35.1 Å². The maximum Gasteiger partial charge on any atom is 0.275 e. The molecule has 184 valence electrons. The Morgan fingerprint density at radius 2 is 1.77 bits per heavy atom. The minimum Gasteiger partial charge on any atom is -0.495 e. The molecule has 5 rings (SSSR count). The van der Waals surface area contributed by atoms with Gasteiger partial charge in [-0.05, 0) is 50.1 Å². The Morgan fingerprint density at radius 3 is 2.49 bits per heavy atom. The normalized spacial score (nSPS) is 21.3. The van der Waals surface area contributed by atoms with E-state index in [1.807, 2.05) is 41.8 Å². The van der Waals surface area contributed by atoms with E-state index in [1.165, 1.54) is 19.3 Å². The summed E-state index contributed by atoms with van der Waals surface area (Å²) in [6.07, 6.45) is 7.86. The number of nitrogens with one attached hydrogen (secondary N) is 1. The molecule has 1 atom stereocenters. The zero-order valence-corrected chi connectivity index (χ0v) is 21.1. The van der Waals surface area contributed by atoms with Gasteiger partial charge < -0.3 is 14.6 Å². The average molecular weight is 494 g/mol. The number of halogens is 1. The highest BCUT2D eigenvalue weighted by Gasteiger charge is 2.49. The first kappa shape index (κ1) is 23.7. The van der Waals surface area contributed by atoms with Crippen LogP contribution in [0, 0.1) is 0 Å². The lowest BCUT2D eigenvalue weighted by Gasteiger charge is -2.44. The maximum atomic E-state index is 14.0. The third kappa shape index (κ3) is 4.29. The van der Waals surface area contributed by atoms with E-state index in [9.17, 15) is 9.59 Å². The van der Waals surface area contributed by atoms with E-state index < -0.39 is 5.54 Å². The minimum absolute atomic E-state index is 0.124. The molecule has 1 saturated carbocycles. The van der Waals surface area contributed by atoms with Gasteiger partial charge in [-0.2, -0.15) is 0 Å². The van der Waals surface area contributed by atoms with Gasteiger partial charge in [0, 0.05) is 22.6 Å². The third-order valence-electron chi connectivity index (χ3n) is 7.52. The summed E-state index contributed by atoms with van der Waals surface area (Å²) in [6, 6.07) is 15.2. The number of carbonyl (C=O) groups excluding carboxylic acids is 2. The number of amides is 2. The van der Waals surface area contributed by atoms with Crippen LogP contribution in [0.1, 0.15) is 62.4 Å². The number of para-hydroxylation sites is 1. The molecule has 7 heteroatoms. The summed E-state index contributed by atoms with van der Waals surface area (Å²) in [5, 5.41) is 4.70. The van der Waals surface area contributed by atoms with E-state index in [1.54, 1.807) is 30.2 Å². The molecule has 0 unspecified atom stereocenters. The van der Waals surface area contributed by atoms with Crippen LogP contribution < -0.4 is 15.0 Å². The molecule has 2 heterocycles. The van der Waals surface area contributed by atoms with E-state index in [0.717, 1.165) is 36.6 Å². The zero-order valence-electron chi connectivity index (χ0n) is 20.4. The number of rotatable bonds is 4. The average Bonchev–Trinajstić information content (AvgIpc) is 3.19. The summed E-state index contributed by atoms with van der Waals surface area (Å²) in [6.45, 7) is 2.21. The first-order valence-corrected chi connectivity index (χ1v) is 12.9. The van der Waals surface area contributed by atoms with Crippen molar-refractivity contribution in [2.75, 3.05) is 12.0 Å². The lowest BCUT2D eigenvalue weighted by atomic mass is 9.91. The molecule has 1 aliphatic heterocycles. The number of nitrogens with zero attached hydrogens (tertiary/aromatic N) is 2. The van der Waals surface area contributed by atoms with Gasteiger partial charge in [0.25, 0.3) is 5.91 Å². The standard InChI is InChI=1S/C28H32ClN3O3/c1-28(27(34)30-20-11-6-4-3-5-7-12-20)18-31-23-13-9-8-10-19(23)16-24(31)26(33)32(28)21-14-15-25(35-2)22(29)17-21/h8-10,13-17,20H,3-7,11-12,18H2,1-2H3,(H,30,34)/t28-/m1/s1. The molecule has 0 radical (unpaired) electrons. The number of anilines is 1. The number of hydrogen-bond donors (Lipinski definition) is 1. The van der Waals surface area contributed by atoms with Gasteiger partial charge >= 0.3 is 0 Å². The predicted octanol–water partition coefficient (Wildman–Crippen LogP) is 5.95. The van der Waals surface area contributed by atoms with Crippen LogP contribution in [0.3, 0.4) is 0 Å². The fraction of sp³-hybridized carbons (Fsp3) is 0.429.